The number of piperidine rings is 1. The molecule has 5 nitrogen and oxygen atoms in total. The van der Waals surface area contributed by atoms with Crippen LogP contribution in [0.5, 0.6) is 0 Å². The molecule has 0 aliphatic carbocycles. The highest BCUT2D eigenvalue weighted by Gasteiger charge is 2.36. The highest BCUT2D eigenvalue weighted by Crippen LogP contribution is 2.36. The summed E-state index contributed by atoms with van der Waals surface area (Å²) in [6.45, 7) is 3.32. The second-order valence-electron chi connectivity index (χ2n) is 7.50. The molecule has 28 heavy (non-hydrogen) atoms. The van der Waals surface area contributed by atoms with Gasteiger partial charge in [-0.15, -0.1) is 0 Å². The Bertz CT molecular complexity index is 851. The molecule has 0 radical (unpaired) electrons. The third-order valence-corrected chi connectivity index (χ3v) is 5.80. The number of piperazine rings is 1. The van der Waals surface area contributed by atoms with E-state index in [1.54, 1.807) is 18.2 Å². The van der Waals surface area contributed by atoms with Crippen LogP contribution >= 0.6 is 0 Å². The van der Waals surface area contributed by atoms with E-state index in [4.69, 9.17) is 0 Å². The Labute approximate surface area is 161 Å². The normalized spacial score (nSPS) is 23.8. The smallest absolute Gasteiger partial charge is 0.367 e. The van der Waals surface area contributed by atoms with Crippen molar-refractivity contribution >= 4 is 23.0 Å². The standard InChI is InChI=1S/C20H23F3N4O/c21-20(22,23)19-10-17(15-5-1-2-6-16(15)25-19)26-8-9-27(13-28)18(12-26)14-4-3-7-24-11-14/h1-2,5-6,10,13-14,18,24H,3-4,7-9,11-12H2/t14-,18+/m0/s1. The summed E-state index contributed by atoms with van der Waals surface area (Å²) in [5.74, 6) is 0.303. The number of hydrogen-bond donors (Lipinski definition) is 1. The van der Waals surface area contributed by atoms with Crippen molar-refractivity contribution < 1.29 is 18.0 Å². The van der Waals surface area contributed by atoms with E-state index < -0.39 is 11.9 Å². The lowest BCUT2D eigenvalue weighted by molar-refractivity contribution is -0.140. The summed E-state index contributed by atoms with van der Waals surface area (Å²) in [5, 5.41) is 4.07. The predicted molar refractivity (Wildman–Crippen MR) is 101 cm³/mol. The van der Waals surface area contributed by atoms with Gasteiger partial charge in [0.05, 0.1) is 11.6 Å². The molecular weight excluding hydrogens is 369 g/mol. The van der Waals surface area contributed by atoms with Gasteiger partial charge in [0.2, 0.25) is 6.41 Å². The maximum atomic E-state index is 13.4. The zero-order valence-electron chi connectivity index (χ0n) is 15.5. The zero-order chi connectivity index (χ0) is 19.7. The first kappa shape index (κ1) is 19.0. The second-order valence-corrected chi connectivity index (χ2v) is 7.50. The highest BCUT2D eigenvalue weighted by molar-refractivity contribution is 5.92. The van der Waals surface area contributed by atoms with E-state index in [2.05, 4.69) is 10.3 Å². The number of anilines is 1. The Balaban J connectivity index is 1.71. The molecule has 150 valence electrons. The van der Waals surface area contributed by atoms with Gasteiger partial charge in [-0.25, -0.2) is 4.98 Å². The topological polar surface area (TPSA) is 48.5 Å². The highest BCUT2D eigenvalue weighted by atomic mass is 19.4. The molecular formula is C20H23F3N4O. The van der Waals surface area contributed by atoms with E-state index in [0.29, 0.717) is 42.1 Å². The van der Waals surface area contributed by atoms with Gasteiger partial charge < -0.3 is 15.1 Å². The maximum absolute atomic E-state index is 13.4. The van der Waals surface area contributed by atoms with Crippen molar-refractivity contribution in [2.45, 2.75) is 25.1 Å². The van der Waals surface area contributed by atoms with Gasteiger partial charge in [-0.05, 0) is 44.0 Å². The average Bonchev–Trinajstić information content (AvgIpc) is 2.72. The monoisotopic (exact) mass is 392 g/mol. The number of amides is 1. The number of benzene rings is 1. The van der Waals surface area contributed by atoms with Gasteiger partial charge in [-0.3, -0.25) is 4.79 Å². The molecule has 4 rings (SSSR count). The Morgan fingerprint density at radius 1 is 1.21 bits per heavy atom. The molecule has 2 aliphatic rings. The molecule has 0 spiro atoms. The molecule has 2 atom stereocenters. The lowest BCUT2D eigenvalue weighted by atomic mass is 9.89. The Morgan fingerprint density at radius 3 is 2.75 bits per heavy atom. The molecule has 2 fully saturated rings. The van der Waals surface area contributed by atoms with Crippen LogP contribution in [-0.2, 0) is 11.0 Å². The van der Waals surface area contributed by atoms with Crippen molar-refractivity contribution in [2.75, 3.05) is 37.6 Å². The van der Waals surface area contributed by atoms with E-state index >= 15 is 0 Å². The first-order valence-electron chi connectivity index (χ1n) is 9.61. The van der Waals surface area contributed by atoms with Gasteiger partial charge in [0.25, 0.3) is 0 Å². The number of alkyl halides is 3. The lowest BCUT2D eigenvalue weighted by Gasteiger charge is -2.45. The van der Waals surface area contributed by atoms with Crippen molar-refractivity contribution in [1.82, 2.24) is 15.2 Å². The van der Waals surface area contributed by atoms with E-state index in [-0.39, 0.29) is 6.04 Å². The number of carbonyl (C=O) groups is 1. The molecule has 0 bridgehead atoms. The van der Waals surface area contributed by atoms with Gasteiger partial charge in [0, 0.05) is 30.7 Å². The Morgan fingerprint density at radius 2 is 2.04 bits per heavy atom. The van der Waals surface area contributed by atoms with E-state index in [0.717, 1.165) is 38.4 Å². The number of hydrogen-bond acceptors (Lipinski definition) is 4. The summed E-state index contributed by atoms with van der Waals surface area (Å²) in [4.78, 5) is 19.2. The number of aromatic nitrogens is 1. The molecule has 3 heterocycles. The van der Waals surface area contributed by atoms with Gasteiger partial charge in [0.15, 0.2) is 0 Å². The van der Waals surface area contributed by atoms with Crippen molar-refractivity contribution in [3.8, 4) is 0 Å². The number of nitrogens with zero attached hydrogens (tertiary/aromatic N) is 3. The fourth-order valence-electron chi connectivity index (χ4n) is 4.36. The van der Waals surface area contributed by atoms with Crippen LogP contribution in [0.3, 0.4) is 0 Å². The van der Waals surface area contributed by atoms with Crippen LogP contribution in [-0.4, -0.2) is 55.1 Å². The first-order chi connectivity index (χ1) is 13.5. The summed E-state index contributed by atoms with van der Waals surface area (Å²) in [7, 11) is 0. The van der Waals surface area contributed by atoms with Crippen molar-refractivity contribution in [3.63, 3.8) is 0 Å². The molecule has 1 amide bonds. The molecule has 1 aromatic carbocycles. The minimum Gasteiger partial charge on any atom is -0.367 e. The van der Waals surface area contributed by atoms with Gasteiger partial charge in [0.1, 0.15) is 5.69 Å². The fourth-order valence-corrected chi connectivity index (χ4v) is 4.36. The minimum absolute atomic E-state index is 0.0136. The van der Waals surface area contributed by atoms with Crippen LogP contribution < -0.4 is 10.2 Å². The number of para-hydroxylation sites is 1. The van der Waals surface area contributed by atoms with Gasteiger partial charge >= 0.3 is 6.18 Å². The van der Waals surface area contributed by atoms with E-state index in [1.807, 2.05) is 15.9 Å². The molecule has 0 saturated carbocycles. The molecule has 2 aliphatic heterocycles. The SMILES string of the molecule is O=CN1CCN(c2cc(C(F)(F)F)nc3ccccc23)C[C@@H]1[C@H]1CCCNC1. The lowest BCUT2D eigenvalue weighted by Crippen LogP contribution is -2.57. The molecule has 0 unspecified atom stereocenters. The third kappa shape index (κ3) is 3.65. The van der Waals surface area contributed by atoms with Crippen LogP contribution in [0, 0.1) is 5.92 Å². The summed E-state index contributed by atoms with van der Waals surface area (Å²) >= 11 is 0. The van der Waals surface area contributed by atoms with E-state index in [1.165, 1.54) is 0 Å². The minimum atomic E-state index is -4.50. The summed E-state index contributed by atoms with van der Waals surface area (Å²) in [5.41, 5.74) is -0.00633. The van der Waals surface area contributed by atoms with Crippen LogP contribution in [0.25, 0.3) is 10.9 Å². The van der Waals surface area contributed by atoms with Crippen LogP contribution in [0.1, 0.15) is 18.5 Å². The van der Waals surface area contributed by atoms with Crippen molar-refractivity contribution in [2.24, 2.45) is 5.92 Å². The summed E-state index contributed by atoms with van der Waals surface area (Å²) < 4.78 is 40.2. The van der Waals surface area contributed by atoms with Crippen molar-refractivity contribution in [3.05, 3.63) is 36.0 Å². The second kappa shape index (κ2) is 7.58. The summed E-state index contributed by atoms with van der Waals surface area (Å²) in [6, 6.07) is 8.06. The number of pyridine rings is 1. The molecule has 1 aromatic heterocycles. The van der Waals surface area contributed by atoms with Gasteiger partial charge in [-0.1, -0.05) is 18.2 Å². The van der Waals surface area contributed by atoms with Gasteiger partial charge in [-0.2, -0.15) is 13.2 Å². The number of nitrogens with one attached hydrogen (secondary N) is 1. The fraction of sp³-hybridized carbons (Fsp3) is 0.500. The number of carbonyl (C=O) groups excluding carboxylic acids is 1. The number of rotatable bonds is 3. The number of halogens is 3. The predicted octanol–water partition coefficient (Wildman–Crippen LogP) is 2.90. The molecule has 8 heteroatoms. The Kier molecular flexibility index (Phi) is 5.14. The first-order valence-corrected chi connectivity index (χ1v) is 9.61. The quantitative estimate of drug-likeness (QED) is 0.816. The molecule has 1 N–H and O–H groups in total. The zero-order valence-corrected chi connectivity index (χ0v) is 15.5. The van der Waals surface area contributed by atoms with Crippen LogP contribution in [0.15, 0.2) is 30.3 Å². The van der Waals surface area contributed by atoms with E-state index in [9.17, 15) is 18.0 Å². The van der Waals surface area contributed by atoms with Crippen molar-refractivity contribution in [1.29, 1.82) is 0 Å². The van der Waals surface area contributed by atoms with Crippen LogP contribution in [0.4, 0.5) is 18.9 Å². The number of fused-ring (bicyclic) bond motifs is 1. The Hall–Kier alpha value is -2.35. The van der Waals surface area contributed by atoms with Crippen LogP contribution in [0.2, 0.25) is 0 Å². The largest absolute Gasteiger partial charge is 0.433 e. The third-order valence-electron chi connectivity index (χ3n) is 5.80. The maximum Gasteiger partial charge on any atom is 0.433 e. The summed E-state index contributed by atoms with van der Waals surface area (Å²) in [6.07, 6.45) is -1.57. The average molecular weight is 392 g/mol. The molecule has 2 saturated heterocycles. The molecule has 2 aromatic rings.